The number of nitrogens with one attached hydrogen (secondary N) is 1. The van der Waals surface area contributed by atoms with Crippen LogP contribution in [0.25, 0.3) is 0 Å². The van der Waals surface area contributed by atoms with E-state index in [-0.39, 0.29) is 17.1 Å². The fourth-order valence-corrected chi connectivity index (χ4v) is 5.44. The van der Waals surface area contributed by atoms with Crippen molar-refractivity contribution in [2.45, 2.75) is 23.5 Å². The first kappa shape index (κ1) is 14.7. The van der Waals surface area contributed by atoms with Crippen LogP contribution < -0.4 is 11.3 Å². The Kier molecular flexibility index (Phi) is 5.38. The molecule has 3 atom stereocenters. The molecule has 1 fully saturated rings. The first-order valence-electron chi connectivity index (χ1n) is 5.78. The zero-order valence-electron chi connectivity index (χ0n) is 10.0. The van der Waals surface area contributed by atoms with Crippen molar-refractivity contribution in [3.63, 3.8) is 0 Å². The molecule has 2 nitrogen and oxygen atoms in total. The Bertz CT molecular complexity index is 419. The molecule has 18 heavy (non-hydrogen) atoms. The predicted molar refractivity (Wildman–Crippen MR) is 82.3 cm³/mol. The molecule has 0 aliphatic carbocycles. The summed E-state index contributed by atoms with van der Waals surface area (Å²) in [4.78, 5) is 0. The van der Waals surface area contributed by atoms with E-state index in [4.69, 9.17) is 5.84 Å². The number of hydrogen-bond donors (Lipinski definition) is 2. The first-order chi connectivity index (χ1) is 8.65. The van der Waals surface area contributed by atoms with Crippen molar-refractivity contribution in [1.82, 2.24) is 5.43 Å². The Morgan fingerprint density at radius 1 is 1.44 bits per heavy atom. The highest BCUT2D eigenvalue weighted by Gasteiger charge is 2.32. The Balaban J connectivity index is 2.29. The Morgan fingerprint density at radius 2 is 2.17 bits per heavy atom. The number of halogens is 2. The minimum absolute atomic E-state index is 0.157. The van der Waals surface area contributed by atoms with E-state index in [2.05, 4.69) is 28.3 Å². The van der Waals surface area contributed by atoms with Gasteiger partial charge in [-0.05, 0) is 22.0 Å². The number of nitrogens with two attached hydrogens (primary N) is 1. The van der Waals surface area contributed by atoms with Gasteiger partial charge >= 0.3 is 0 Å². The van der Waals surface area contributed by atoms with Crippen molar-refractivity contribution < 1.29 is 4.39 Å². The third-order valence-corrected chi connectivity index (χ3v) is 6.87. The van der Waals surface area contributed by atoms with Crippen LogP contribution in [0.3, 0.4) is 0 Å². The zero-order valence-corrected chi connectivity index (χ0v) is 13.2. The van der Waals surface area contributed by atoms with E-state index >= 15 is 0 Å². The Morgan fingerprint density at radius 3 is 2.83 bits per heavy atom. The fourth-order valence-electron chi connectivity index (χ4n) is 2.14. The average molecular weight is 351 g/mol. The lowest BCUT2D eigenvalue weighted by atomic mass is 10.0. The molecule has 1 aliphatic heterocycles. The van der Waals surface area contributed by atoms with Crippen molar-refractivity contribution in [2.75, 3.05) is 11.5 Å². The Hall–Kier alpha value is 0.250. The standard InChI is InChI=1S/C12H16BrFN2S2/c1-7-12(18-6-5-17-7)11(16-15)8-3-2-4-9(13)10(8)14/h2-4,7,11-12,16H,5-6,15H2,1H3. The smallest absolute Gasteiger partial charge is 0.142 e. The van der Waals surface area contributed by atoms with Gasteiger partial charge in [0.05, 0.1) is 10.5 Å². The average Bonchev–Trinajstić information content (AvgIpc) is 2.37. The van der Waals surface area contributed by atoms with Gasteiger partial charge in [-0.1, -0.05) is 19.1 Å². The number of hydrazine groups is 1. The molecule has 100 valence electrons. The van der Waals surface area contributed by atoms with Crippen LogP contribution in [-0.4, -0.2) is 22.0 Å². The molecule has 0 bridgehead atoms. The van der Waals surface area contributed by atoms with Gasteiger partial charge in [0.2, 0.25) is 0 Å². The molecule has 0 radical (unpaired) electrons. The van der Waals surface area contributed by atoms with Crippen molar-refractivity contribution in [3.05, 3.63) is 34.1 Å². The van der Waals surface area contributed by atoms with E-state index in [1.54, 1.807) is 12.1 Å². The summed E-state index contributed by atoms with van der Waals surface area (Å²) in [5, 5.41) is 0.751. The van der Waals surface area contributed by atoms with Crippen molar-refractivity contribution in [2.24, 2.45) is 5.84 Å². The largest absolute Gasteiger partial charge is 0.271 e. The molecule has 0 amide bonds. The van der Waals surface area contributed by atoms with Crippen LogP contribution in [0.5, 0.6) is 0 Å². The van der Waals surface area contributed by atoms with E-state index in [1.165, 1.54) is 0 Å². The van der Waals surface area contributed by atoms with E-state index < -0.39 is 0 Å². The lowest BCUT2D eigenvalue weighted by Crippen LogP contribution is -2.41. The SMILES string of the molecule is CC1SCCSC1C(NN)c1cccc(Br)c1F. The summed E-state index contributed by atoms with van der Waals surface area (Å²) >= 11 is 7.02. The summed E-state index contributed by atoms with van der Waals surface area (Å²) in [6.45, 7) is 2.18. The molecule has 0 saturated carbocycles. The number of hydrogen-bond acceptors (Lipinski definition) is 4. The number of rotatable bonds is 3. The lowest BCUT2D eigenvalue weighted by molar-refractivity contribution is 0.492. The summed E-state index contributed by atoms with van der Waals surface area (Å²) in [7, 11) is 0. The fraction of sp³-hybridized carbons (Fsp3) is 0.500. The number of benzene rings is 1. The van der Waals surface area contributed by atoms with E-state index in [0.717, 1.165) is 11.5 Å². The maximum absolute atomic E-state index is 14.2. The monoisotopic (exact) mass is 350 g/mol. The second-order valence-corrected chi connectivity index (χ2v) is 7.82. The van der Waals surface area contributed by atoms with Crippen LogP contribution in [0.4, 0.5) is 4.39 Å². The summed E-state index contributed by atoms with van der Waals surface area (Å²) in [5.74, 6) is 7.69. The van der Waals surface area contributed by atoms with E-state index in [1.807, 2.05) is 29.6 Å². The highest BCUT2D eigenvalue weighted by atomic mass is 79.9. The zero-order chi connectivity index (χ0) is 13.1. The maximum Gasteiger partial charge on any atom is 0.142 e. The van der Waals surface area contributed by atoms with Crippen molar-refractivity contribution >= 4 is 39.5 Å². The van der Waals surface area contributed by atoms with Gasteiger partial charge in [0, 0.05) is 27.6 Å². The van der Waals surface area contributed by atoms with Gasteiger partial charge in [0.25, 0.3) is 0 Å². The Labute approximate surface area is 124 Å². The lowest BCUT2D eigenvalue weighted by Gasteiger charge is -2.34. The minimum atomic E-state index is -0.219. The molecule has 0 aromatic heterocycles. The van der Waals surface area contributed by atoms with Gasteiger partial charge in [0.15, 0.2) is 0 Å². The molecule has 1 aromatic carbocycles. The van der Waals surface area contributed by atoms with Gasteiger partial charge < -0.3 is 0 Å². The normalized spacial score (nSPS) is 26.0. The second kappa shape index (κ2) is 6.61. The molecule has 1 aliphatic rings. The highest BCUT2D eigenvalue weighted by molar-refractivity contribution is 9.10. The second-order valence-electron chi connectivity index (χ2n) is 4.20. The molecular weight excluding hydrogens is 335 g/mol. The molecular formula is C12H16BrFN2S2. The summed E-state index contributed by atoms with van der Waals surface area (Å²) < 4.78 is 14.6. The first-order valence-corrected chi connectivity index (χ1v) is 8.67. The molecule has 2 rings (SSSR count). The van der Waals surface area contributed by atoms with Crippen molar-refractivity contribution in [1.29, 1.82) is 0 Å². The van der Waals surface area contributed by atoms with Crippen LogP contribution >= 0.6 is 39.5 Å². The molecule has 3 N–H and O–H groups in total. The summed E-state index contributed by atoms with van der Waals surface area (Å²) in [6.07, 6.45) is 0. The van der Waals surface area contributed by atoms with Gasteiger partial charge in [-0.15, -0.1) is 0 Å². The minimum Gasteiger partial charge on any atom is -0.271 e. The summed E-state index contributed by atoms with van der Waals surface area (Å²) in [6, 6.07) is 5.20. The van der Waals surface area contributed by atoms with Gasteiger partial charge in [0.1, 0.15) is 5.82 Å². The van der Waals surface area contributed by atoms with E-state index in [0.29, 0.717) is 15.3 Å². The maximum atomic E-state index is 14.2. The van der Waals surface area contributed by atoms with Crippen LogP contribution in [0, 0.1) is 5.82 Å². The highest BCUT2D eigenvalue weighted by Crippen LogP contribution is 2.39. The summed E-state index contributed by atoms with van der Waals surface area (Å²) in [5.41, 5.74) is 3.43. The molecule has 0 spiro atoms. The van der Waals surface area contributed by atoms with Crippen LogP contribution in [0.1, 0.15) is 18.5 Å². The molecule has 3 unspecified atom stereocenters. The number of thioether (sulfide) groups is 2. The van der Waals surface area contributed by atoms with Crippen LogP contribution in [-0.2, 0) is 0 Å². The quantitative estimate of drug-likeness (QED) is 0.647. The van der Waals surface area contributed by atoms with Crippen LogP contribution in [0.15, 0.2) is 22.7 Å². The van der Waals surface area contributed by atoms with Crippen molar-refractivity contribution in [3.8, 4) is 0 Å². The third kappa shape index (κ3) is 3.04. The van der Waals surface area contributed by atoms with Crippen LogP contribution in [0.2, 0.25) is 0 Å². The molecule has 1 aromatic rings. The van der Waals surface area contributed by atoms with Gasteiger partial charge in [-0.2, -0.15) is 23.5 Å². The molecule has 1 heterocycles. The van der Waals surface area contributed by atoms with Gasteiger partial charge in [-0.3, -0.25) is 11.3 Å². The third-order valence-electron chi connectivity index (χ3n) is 3.06. The molecule has 6 heteroatoms. The molecule has 1 saturated heterocycles. The predicted octanol–water partition coefficient (Wildman–Crippen LogP) is 3.33. The topological polar surface area (TPSA) is 38.0 Å². The van der Waals surface area contributed by atoms with E-state index in [9.17, 15) is 4.39 Å². The van der Waals surface area contributed by atoms with Gasteiger partial charge in [-0.25, -0.2) is 4.39 Å².